The molecule has 1 aliphatic rings. The summed E-state index contributed by atoms with van der Waals surface area (Å²) < 4.78 is 9.20. The third-order valence-electron chi connectivity index (χ3n) is 6.34. The number of hydrogen-bond donors (Lipinski definition) is 2. The van der Waals surface area contributed by atoms with E-state index in [2.05, 4.69) is 40.7 Å². The van der Waals surface area contributed by atoms with Crippen LogP contribution in [0.1, 0.15) is 23.2 Å². The number of anilines is 4. The lowest BCUT2D eigenvalue weighted by atomic mass is 10.1. The predicted octanol–water partition coefficient (Wildman–Crippen LogP) is 4.16. The molecule has 0 amide bonds. The van der Waals surface area contributed by atoms with Crippen molar-refractivity contribution in [3.05, 3.63) is 67.3 Å². The van der Waals surface area contributed by atoms with Crippen molar-refractivity contribution >= 4 is 28.9 Å². The van der Waals surface area contributed by atoms with Gasteiger partial charge in [0.05, 0.1) is 35.9 Å². The summed E-state index contributed by atoms with van der Waals surface area (Å²) in [6.45, 7) is 0. The van der Waals surface area contributed by atoms with Crippen molar-refractivity contribution < 1.29 is 9.53 Å². The van der Waals surface area contributed by atoms with Crippen LogP contribution in [0.4, 0.5) is 23.1 Å². The fraction of sp³-hybridized carbons (Fsp3) is 0.222. The number of aryl methyl sites for hydroxylation is 2. The highest BCUT2D eigenvalue weighted by Crippen LogP contribution is 2.38. The molecule has 196 valence electrons. The van der Waals surface area contributed by atoms with Gasteiger partial charge in [0, 0.05) is 56.4 Å². The Morgan fingerprint density at radius 1 is 0.974 bits per heavy atom. The molecule has 6 rings (SSSR count). The number of nitrogens with zero attached hydrogens (tertiary/aromatic N) is 8. The molecule has 0 atom stereocenters. The molecule has 0 unspecified atom stereocenters. The average molecular weight is 523 g/mol. The molecule has 39 heavy (non-hydrogen) atoms. The number of nitrogens with one attached hydrogen (secondary N) is 2. The van der Waals surface area contributed by atoms with E-state index in [1.54, 1.807) is 62.2 Å². The zero-order valence-electron chi connectivity index (χ0n) is 21.7. The third-order valence-corrected chi connectivity index (χ3v) is 6.34. The van der Waals surface area contributed by atoms with E-state index >= 15 is 0 Å². The number of rotatable bonds is 9. The molecule has 5 aromatic heterocycles. The van der Waals surface area contributed by atoms with Crippen molar-refractivity contribution in [1.29, 1.82) is 0 Å². The maximum Gasteiger partial charge on any atom is 0.185 e. The molecule has 0 aromatic carbocycles. The number of methoxy groups -OCH3 is 1. The minimum atomic E-state index is 0.0193. The SMILES string of the molecule is COc1c(-c2ncn(C)n2)ccnc1Nc1cc(Nc2ccc(-c3cn(C)cn3)cn2)ncc1C(=O)C1CC1. The van der Waals surface area contributed by atoms with E-state index in [-0.39, 0.29) is 11.7 Å². The normalized spacial score (nSPS) is 12.8. The van der Waals surface area contributed by atoms with Crippen LogP contribution in [0.3, 0.4) is 0 Å². The quantitative estimate of drug-likeness (QED) is 0.271. The Kier molecular flexibility index (Phi) is 6.19. The Balaban J connectivity index is 1.31. The highest BCUT2D eigenvalue weighted by molar-refractivity contribution is 6.04. The van der Waals surface area contributed by atoms with Gasteiger partial charge < -0.3 is 19.9 Å². The lowest BCUT2D eigenvalue weighted by molar-refractivity contribution is 0.0968. The Bertz CT molecular complexity index is 1650. The summed E-state index contributed by atoms with van der Waals surface area (Å²) in [6.07, 6.45) is 12.0. The Labute approximate surface area is 224 Å². The highest BCUT2D eigenvalue weighted by Gasteiger charge is 2.32. The number of imidazole rings is 1. The first-order valence-electron chi connectivity index (χ1n) is 12.4. The van der Waals surface area contributed by atoms with Gasteiger partial charge in [-0.25, -0.2) is 24.9 Å². The number of carbonyl (C=O) groups excluding carboxylic acids is 1. The van der Waals surface area contributed by atoms with Crippen molar-refractivity contribution in [2.45, 2.75) is 12.8 Å². The molecule has 5 heterocycles. The average Bonchev–Trinajstić information content (AvgIpc) is 3.57. The molecule has 0 aliphatic heterocycles. The summed E-state index contributed by atoms with van der Waals surface area (Å²) in [5, 5.41) is 10.9. The Morgan fingerprint density at radius 3 is 2.49 bits per heavy atom. The second-order valence-electron chi connectivity index (χ2n) is 9.34. The van der Waals surface area contributed by atoms with E-state index in [9.17, 15) is 4.79 Å². The van der Waals surface area contributed by atoms with E-state index in [0.717, 1.165) is 24.1 Å². The van der Waals surface area contributed by atoms with Gasteiger partial charge in [0.1, 0.15) is 18.0 Å². The van der Waals surface area contributed by atoms with Crippen molar-refractivity contribution in [1.82, 2.24) is 39.3 Å². The molecule has 0 saturated heterocycles. The summed E-state index contributed by atoms with van der Waals surface area (Å²) in [7, 11) is 5.28. The first kappa shape index (κ1) is 24.2. The van der Waals surface area contributed by atoms with Crippen LogP contribution in [-0.2, 0) is 14.1 Å². The number of ether oxygens (including phenoxy) is 1. The van der Waals surface area contributed by atoms with E-state index in [1.807, 2.05) is 29.9 Å². The fourth-order valence-corrected chi connectivity index (χ4v) is 4.21. The molecule has 12 nitrogen and oxygen atoms in total. The van der Waals surface area contributed by atoms with Crippen molar-refractivity contribution in [2.24, 2.45) is 20.0 Å². The molecule has 0 radical (unpaired) electrons. The summed E-state index contributed by atoms with van der Waals surface area (Å²) in [4.78, 5) is 35.3. The van der Waals surface area contributed by atoms with Gasteiger partial charge in [-0.3, -0.25) is 9.48 Å². The third kappa shape index (κ3) is 5.04. The summed E-state index contributed by atoms with van der Waals surface area (Å²) in [5.41, 5.74) is 3.48. The molecular weight excluding hydrogens is 496 g/mol. The van der Waals surface area contributed by atoms with Crippen molar-refractivity contribution in [3.63, 3.8) is 0 Å². The van der Waals surface area contributed by atoms with Gasteiger partial charge in [0.25, 0.3) is 0 Å². The Hall–Kier alpha value is -5.13. The van der Waals surface area contributed by atoms with E-state index in [1.165, 1.54) is 0 Å². The standard InChI is InChI=1S/C27H26N10O2/c1-36-13-21(31-14-36)17-6-7-22(29-11-17)34-23-10-20(19(12-30-23)24(38)16-4-5-16)33-27-25(39-3)18(8-9-28-27)26-32-15-37(2)35-26/h6-16H,4-5H2,1-3H3,(H2,28,29,30,33,34). The van der Waals surface area contributed by atoms with Gasteiger partial charge in [0.2, 0.25) is 0 Å². The Morgan fingerprint density at radius 2 is 1.82 bits per heavy atom. The van der Waals surface area contributed by atoms with Crippen LogP contribution >= 0.6 is 0 Å². The van der Waals surface area contributed by atoms with E-state index < -0.39 is 0 Å². The van der Waals surface area contributed by atoms with Crippen LogP contribution in [0.15, 0.2) is 61.7 Å². The van der Waals surface area contributed by atoms with Gasteiger partial charge in [-0.2, -0.15) is 5.10 Å². The smallest absolute Gasteiger partial charge is 0.185 e. The molecule has 12 heteroatoms. The highest BCUT2D eigenvalue weighted by atomic mass is 16.5. The zero-order chi connectivity index (χ0) is 26.9. The number of pyridine rings is 3. The molecular formula is C27H26N10O2. The van der Waals surface area contributed by atoms with Gasteiger partial charge in [-0.1, -0.05) is 0 Å². The van der Waals surface area contributed by atoms with Crippen LogP contribution in [-0.4, -0.2) is 52.2 Å². The fourth-order valence-electron chi connectivity index (χ4n) is 4.21. The minimum Gasteiger partial charge on any atom is -0.492 e. The van der Waals surface area contributed by atoms with Crippen molar-refractivity contribution in [2.75, 3.05) is 17.7 Å². The number of aromatic nitrogens is 8. The van der Waals surface area contributed by atoms with Gasteiger partial charge >= 0.3 is 0 Å². The van der Waals surface area contributed by atoms with Crippen LogP contribution in [0.25, 0.3) is 22.6 Å². The largest absolute Gasteiger partial charge is 0.492 e. The molecule has 0 bridgehead atoms. The minimum absolute atomic E-state index is 0.0193. The first-order chi connectivity index (χ1) is 19.0. The molecule has 0 spiro atoms. The van der Waals surface area contributed by atoms with Crippen LogP contribution < -0.4 is 15.4 Å². The maximum absolute atomic E-state index is 13.1. The van der Waals surface area contributed by atoms with Gasteiger partial charge in [-0.15, -0.1) is 0 Å². The second-order valence-corrected chi connectivity index (χ2v) is 9.34. The summed E-state index contributed by atoms with van der Waals surface area (Å²) >= 11 is 0. The lowest BCUT2D eigenvalue weighted by Crippen LogP contribution is -2.09. The van der Waals surface area contributed by atoms with E-state index in [4.69, 9.17) is 4.74 Å². The van der Waals surface area contributed by atoms with Crippen molar-refractivity contribution in [3.8, 4) is 28.4 Å². The molecule has 5 aromatic rings. The van der Waals surface area contributed by atoms with E-state index in [0.29, 0.717) is 45.8 Å². The number of ketones is 1. The topological polar surface area (TPSA) is 138 Å². The number of carbonyl (C=O) groups is 1. The van der Waals surface area contributed by atoms with Crippen LogP contribution in [0.5, 0.6) is 5.75 Å². The number of Topliss-reactive ketones (excluding diaryl/α,β-unsaturated/α-hetero) is 1. The van der Waals surface area contributed by atoms with Gasteiger partial charge in [0.15, 0.2) is 23.2 Å². The first-order valence-corrected chi connectivity index (χ1v) is 12.4. The maximum atomic E-state index is 13.1. The summed E-state index contributed by atoms with van der Waals surface area (Å²) in [5.74, 6) is 2.60. The molecule has 1 saturated carbocycles. The zero-order valence-corrected chi connectivity index (χ0v) is 21.7. The predicted molar refractivity (Wildman–Crippen MR) is 145 cm³/mol. The molecule has 1 aliphatic carbocycles. The van der Waals surface area contributed by atoms with Crippen LogP contribution in [0.2, 0.25) is 0 Å². The summed E-state index contributed by atoms with van der Waals surface area (Å²) in [6, 6.07) is 7.36. The van der Waals surface area contributed by atoms with Crippen LogP contribution in [0, 0.1) is 5.92 Å². The molecule has 1 fully saturated rings. The van der Waals surface area contributed by atoms with Gasteiger partial charge in [-0.05, 0) is 31.0 Å². The second kappa shape index (κ2) is 9.97. The molecule has 2 N–H and O–H groups in total. The monoisotopic (exact) mass is 522 g/mol. The lowest BCUT2D eigenvalue weighted by Gasteiger charge is -2.16. The number of hydrogen-bond acceptors (Lipinski definition) is 10.